The van der Waals surface area contributed by atoms with Gasteiger partial charge in [-0.3, -0.25) is 9.59 Å². The van der Waals surface area contributed by atoms with E-state index in [9.17, 15) is 14.9 Å². The summed E-state index contributed by atoms with van der Waals surface area (Å²) in [5, 5.41) is 29.5. The van der Waals surface area contributed by atoms with Gasteiger partial charge >= 0.3 is 0 Å². The molecule has 3 aliphatic heterocycles. The summed E-state index contributed by atoms with van der Waals surface area (Å²) in [7, 11) is 4.18. The summed E-state index contributed by atoms with van der Waals surface area (Å²) in [6.07, 6.45) is 3.82. The average molecular weight is 706 g/mol. The second-order valence-electron chi connectivity index (χ2n) is 15.1. The standard InChI is InChI=1S/C39H51N11O2/c1-27(41-26-28(2)50-13-5-6-33(50)25-40)24-39(38-42-44-45-43-38)34-11-9-31(36(51)48-18-14-46(3)15-19-48)22-29(34)7-8-30-23-32(10-12-35(30)39)37(52)49-20-16-47(4)17-21-49/h9-12,22-23,27,33,41H,2,5-8,13-21,24,26H2,1,3-4H3,(H,42,43,44,45)/t27-,33?/m1/s1. The fourth-order valence-electron chi connectivity index (χ4n) is 8.60. The highest BCUT2D eigenvalue weighted by molar-refractivity contribution is 5.95. The van der Waals surface area contributed by atoms with Crippen molar-refractivity contribution in [1.29, 1.82) is 5.26 Å². The van der Waals surface area contributed by atoms with Gasteiger partial charge in [0.25, 0.3) is 11.8 Å². The van der Waals surface area contributed by atoms with Crippen LogP contribution in [0.1, 0.15) is 75.0 Å². The summed E-state index contributed by atoms with van der Waals surface area (Å²) in [6.45, 7) is 14.1. The number of H-pyrrole nitrogens is 1. The number of aryl methyl sites for hydroxylation is 2. The molecule has 1 aromatic heterocycles. The van der Waals surface area contributed by atoms with Crippen LogP contribution in [0.15, 0.2) is 48.7 Å². The number of fused-ring (bicyclic) bond motifs is 2. The number of tetrazole rings is 1. The van der Waals surface area contributed by atoms with Gasteiger partial charge in [-0.05, 0) is 99.6 Å². The molecule has 1 unspecified atom stereocenters. The van der Waals surface area contributed by atoms with Crippen LogP contribution in [0.2, 0.25) is 0 Å². The zero-order valence-electron chi connectivity index (χ0n) is 30.8. The zero-order valence-corrected chi connectivity index (χ0v) is 30.8. The van der Waals surface area contributed by atoms with E-state index < -0.39 is 5.41 Å². The molecule has 3 fully saturated rings. The first-order chi connectivity index (χ1) is 25.2. The maximum atomic E-state index is 13.8. The number of amides is 2. The minimum Gasteiger partial charge on any atom is -0.358 e. The van der Waals surface area contributed by atoms with E-state index in [-0.39, 0.29) is 23.9 Å². The quantitative estimate of drug-likeness (QED) is 0.341. The molecular weight excluding hydrogens is 655 g/mol. The van der Waals surface area contributed by atoms with E-state index >= 15 is 0 Å². The highest BCUT2D eigenvalue weighted by Gasteiger charge is 2.46. The Hall–Kier alpha value is -4.64. The molecule has 0 radical (unpaired) electrons. The molecule has 7 rings (SSSR count). The van der Waals surface area contributed by atoms with E-state index in [0.717, 1.165) is 73.5 Å². The summed E-state index contributed by atoms with van der Waals surface area (Å²) in [5.41, 5.74) is 5.65. The molecule has 4 heterocycles. The van der Waals surface area contributed by atoms with Crippen LogP contribution in [0.5, 0.6) is 0 Å². The lowest BCUT2D eigenvalue weighted by Crippen LogP contribution is -2.47. The van der Waals surface area contributed by atoms with Crippen molar-refractivity contribution in [3.05, 3.63) is 87.9 Å². The number of benzene rings is 2. The molecule has 2 N–H and O–H groups in total. The molecule has 0 spiro atoms. The third kappa shape index (κ3) is 6.95. The number of piperazine rings is 2. The second kappa shape index (κ2) is 15.1. The van der Waals surface area contributed by atoms with Gasteiger partial charge < -0.3 is 29.8 Å². The number of nitriles is 1. The Morgan fingerprint density at radius 3 is 1.98 bits per heavy atom. The number of aromatic amines is 1. The number of likely N-dealkylation sites (N-methyl/N-ethyl adjacent to an activating group) is 2. The van der Waals surface area contributed by atoms with Gasteiger partial charge in [-0.1, -0.05) is 23.9 Å². The Kier molecular flexibility index (Phi) is 10.4. The number of nitrogens with one attached hydrogen (secondary N) is 2. The van der Waals surface area contributed by atoms with Crippen LogP contribution in [0.25, 0.3) is 0 Å². The SMILES string of the molecule is C=C(CN[C@H](C)CC1(c2nn[nH]n2)c2ccc(C(=O)N3CCN(C)CC3)cc2CCc2cc(C(=O)N3CCN(C)CC3)ccc21)N1CCCC1C#N. The Morgan fingerprint density at radius 1 is 0.923 bits per heavy atom. The first-order valence-corrected chi connectivity index (χ1v) is 18.7. The smallest absolute Gasteiger partial charge is 0.253 e. The van der Waals surface area contributed by atoms with Crippen LogP contribution in [0.4, 0.5) is 0 Å². The maximum absolute atomic E-state index is 13.8. The summed E-state index contributed by atoms with van der Waals surface area (Å²) >= 11 is 0. The average Bonchev–Trinajstić information content (AvgIpc) is 3.87. The minimum absolute atomic E-state index is 0.0458. The molecule has 3 saturated heterocycles. The normalized spacial score (nSPS) is 21.2. The number of hydrogen-bond donors (Lipinski definition) is 2. The van der Waals surface area contributed by atoms with Gasteiger partial charge in [-0.25, -0.2) is 0 Å². The monoisotopic (exact) mass is 705 g/mol. The van der Waals surface area contributed by atoms with E-state index in [0.29, 0.717) is 68.9 Å². The lowest BCUT2D eigenvalue weighted by atomic mass is 9.67. The number of carbonyl (C=O) groups excluding carboxylic acids is 2. The highest BCUT2D eigenvalue weighted by Crippen LogP contribution is 2.47. The van der Waals surface area contributed by atoms with Crippen molar-refractivity contribution in [3.8, 4) is 6.07 Å². The van der Waals surface area contributed by atoms with Crippen molar-refractivity contribution in [2.24, 2.45) is 0 Å². The van der Waals surface area contributed by atoms with Crippen molar-refractivity contribution < 1.29 is 9.59 Å². The lowest BCUT2D eigenvalue weighted by molar-refractivity contribution is 0.0657. The number of rotatable bonds is 9. The van der Waals surface area contributed by atoms with Gasteiger partial charge in [0.05, 0.1) is 11.5 Å². The summed E-state index contributed by atoms with van der Waals surface area (Å²) in [4.78, 5) is 38.2. The van der Waals surface area contributed by atoms with Gasteiger partial charge in [0.1, 0.15) is 6.04 Å². The largest absolute Gasteiger partial charge is 0.358 e. The summed E-state index contributed by atoms with van der Waals surface area (Å²) in [5.74, 6) is 0.646. The number of nitrogens with zero attached hydrogens (tertiary/aromatic N) is 9. The van der Waals surface area contributed by atoms with Crippen molar-refractivity contribution in [2.75, 3.05) is 79.5 Å². The van der Waals surface area contributed by atoms with E-state index in [1.807, 2.05) is 21.9 Å². The van der Waals surface area contributed by atoms with E-state index in [4.69, 9.17) is 0 Å². The Bertz CT molecular complexity index is 1730. The molecule has 52 heavy (non-hydrogen) atoms. The van der Waals surface area contributed by atoms with Crippen molar-refractivity contribution >= 4 is 11.8 Å². The van der Waals surface area contributed by atoms with Crippen LogP contribution in [0, 0.1) is 11.3 Å². The van der Waals surface area contributed by atoms with Gasteiger partial charge in [-0.15, -0.1) is 10.2 Å². The van der Waals surface area contributed by atoms with E-state index in [1.54, 1.807) is 0 Å². The first-order valence-electron chi connectivity index (χ1n) is 18.7. The minimum atomic E-state index is -0.838. The van der Waals surface area contributed by atoms with Crippen molar-refractivity contribution in [2.45, 2.75) is 56.5 Å². The third-order valence-corrected chi connectivity index (χ3v) is 11.7. The molecule has 4 aliphatic rings. The van der Waals surface area contributed by atoms with Gasteiger partial charge in [-0.2, -0.15) is 10.5 Å². The summed E-state index contributed by atoms with van der Waals surface area (Å²) in [6, 6.07) is 14.5. The Morgan fingerprint density at radius 2 is 1.48 bits per heavy atom. The van der Waals surface area contributed by atoms with Gasteiger partial charge in [0.15, 0.2) is 5.82 Å². The molecule has 0 bridgehead atoms. The topological polar surface area (TPSA) is 141 Å². The summed E-state index contributed by atoms with van der Waals surface area (Å²) < 4.78 is 0. The van der Waals surface area contributed by atoms with Crippen LogP contribution in [-0.2, 0) is 18.3 Å². The predicted molar refractivity (Wildman–Crippen MR) is 198 cm³/mol. The van der Waals surface area contributed by atoms with Crippen LogP contribution in [0.3, 0.4) is 0 Å². The highest BCUT2D eigenvalue weighted by atomic mass is 16.2. The van der Waals surface area contributed by atoms with Crippen molar-refractivity contribution in [1.82, 2.24) is 50.4 Å². The first kappa shape index (κ1) is 35.7. The molecule has 13 heteroatoms. The predicted octanol–water partition coefficient (Wildman–Crippen LogP) is 2.28. The third-order valence-electron chi connectivity index (χ3n) is 11.7. The molecule has 3 aromatic rings. The molecule has 0 saturated carbocycles. The van der Waals surface area contributed by atoms with E-state index in [1.165, 1.54) is 0 Å². The number of likely N-dealkylation sites (tertiary alicyclic amines) is 1. The molecule has 1 aliphatic carbocycles. The Balaban J connectivity index is 1.27. The zero-order chi connectivity index (χ0) is 36.4. The van der Waals surface area contributed by atoms with Gasteiger partial charge in [0, 0.05) is 88.3 Å². The number of hydrogen-bond acceptors (Lipinski definition) is 10. The van der Waals surface area contributed by atoms with Crippen LogP contribution in [-0.4, -0.2) is 149 Å². The Labute approximate surface area is 306 Å². The van der Waals surface area contributed by atoms with Crippen LogP contribution < -0.4 is 5.32 Å². The number of carbonyl (C=O) groups is 2. The molecular formula is C39H51N11O2. The molecule has 2 amide bonds. The molecule has 2 aromatic carbocycles. The van der Waals surface area contributed by atoms with E-state index in [2.05, 4.69) is 98.6 Å². The lowest BCUT2D eigenvalue weighted by Gasteiger charge is -2.37. The molecule has 274 valence electrons. The number of aromatic nitrogens is 4. The molecule has 13 nitrogen and oxygen atoms in total. The maximum Gasteiger partial charge on any atom is 0.253 e. The molecule has 2 atom stereocenters. The fourth-order valence-corrected chi connectivity index (χ4v) is 8.60. The van der Waals surface area contributed by atoms with Crippen molar-refractivity contribution in [3.63, 3.8) is 0 Å². The fraction of sp³-hybridized carbons (Fsp3) is 0.538. The van der Waals surface area contributed by atoms with Crippen LogP contribution >= 0.6 is 0 Å². The second-order valence-corrected chi connectivity index (χ2v) is 15.1. The van der Waals surface area contributed by atoms with Gasteiger partial charge in [0.2, 0.25) is 0 Å².